The van der Waals surface area contributed by atoms with Gasteiger partial charge in [-0.3, -0.25) is 0 Å². The molecule has 0 saturated heterocycles. The number of hydrogen-bond acceptors (Lipinski definition) is 2. The molecule has 0 bridgehead atoms. The highest BCUT2D eigenvalue weighted by Crippen LogP contribution is 2.24. The summed E-state index contributed by atoms with van der Waals surface area (Å²) in [5.74, 6) is 0. The molecule has 0 radical (unpaired) electrons. The van der Waals surface area contributed by atoms with Crippen molar-refractivity contribution in [2.75, 3.05) is 5.32 Å². The maximum absolute atomic E-state index is 6.15. The van der Waals surface area contributed by atoms with Crippen LogP contribution in [0.5, 0.6) is 0 Å². The zero-order valence-electron chi connectivity index (χ0n) is 10.3. The van der Waals surface area contributed by atoms with Crippen molar-refractivity contribution in [3.63, 3.8) is 0 Å². The molecule has 1 aliphatic rings. The van der Waals surface area contributed by atoms with Gasteiger partial charge in [0.15, 0.2) is 0 Å². The van der Waals surface area contributed by atoms with Gasteiger partial charge in [0.25, 0.3) is 0 Å². The minimum atomic E-state index is 0.314. The quantitative estimate of drug-likeness (QED) is 0.801. The predicted octanol–water partition coefficient (Wildman–Crippen LogP) is 2.99. The molecular formula is C14H22N2. The first-order valence-electron chi connectivity index (χ1n) is 6.27. The third-order valence-corrected chi connectivity index (χ3v) is 3.76. The first-order valence-corrected chi connectivity index (χ1v) is 6.27. The van der Waals surface area contributed by atoms with E-state index >= 15 is 0 Å². The number of aryl methyl sites for hydroxylation is 1. The van der Waals surface area contributed by atoms with E-state index in [1.54, 1.807) is 0 Å². The number of nitrogens with two attached hydrogens (primary N) is 1. The molecule has 2 rings (SSSR count). The van der Waals surface area contributed by atoms with E-state index in [1.165, 1.54) is 36.1 Å². The SMILES string of the molecule is Cc1cccc(N[C@H]2CCCC[C@H]2N)c1C. The molecule has 0 aromatic heterocycles. The fourth-order valence-corrected chi connectivity index (χ4v) is 2.45. The lowest BCUT2D eigenvalue weighted by Crippen LogP contribution is -2.42. The van der Waals surface area contributed by atoms with Gasteiger partial charge in [-0.05, 0) is 43.9 Å². The molecule has 2 atom stereocenters. The number of rotatable bonds is 2. The molecule has 1 fully saturated rings. The Morgan fingerprint density at radius 2 is 1.94 bits per heavy atom. The van der Waals surface area contributed by atoms with Crippen molar-refractivity contribution in [3.05, 3.63) is 29.3 Å². The van der Waals surface area contributed by atoms with Crippen molar-refractivity contribution < 1.29 is 0 Å². The maximum Gasteiger partial charge on any atom is 0.0412 e. The van der Waals surface area contributed by atoms with E-state index in [9.17, 15) is 0 Å². The summed E-state index contributed by atoms with van der Waals surface area (Å²) in [5, 5.41) is 3.61. The molecule has 0 heterocycles. The van der Waals surface area contributed by atoms with Gasteiger partial charge in [-0.2, -0.15) is 0 Å². The Balaban J connectivity index is 2.10. The van der Waals surface area contributed by atoms with Gasteiger partial charge in [0.2, 0.25) is 0 Å². The summed E-state index contributed by atoms with van der Waals surface area (Å²) in [5.41, 5.74) is 10.1. The topological polar surface area (TPSA) is 38.0 Å². The van der Waals surface area contributed by atoms with Gasteiger partial charge in [0.05, 0.1) is 0 Å². The molecule has 0 amide bonds. The minimum Gasteiger partial charge on any atom is -0.381 e. The molecular weight excluding hydrogens is 196 g/mol. The van der Waals surface area contributed by atoms with Gasteiger partial charge in [0, 0.05) is 17.8 Å². The molecule has 3 N–H and O–H groups in total. The Hall–Kier alpha value is -1.02. The van der Waals surface area contributed by atoms with Crippen LogP contribution in [0.3, 0.4) is 0 Å². The molecule has 16 heavy (non-hydrogen) atoms. The first-order chi connectivity index (χ1) is 7.68. The van der Waals surface area contributed by atoms with Crippen LogP contribution < -0.4 is 11.1 Å². The zero-order valence-corrected chi connectivity index (χ0v) is 10.3. The Morgan fingerprint density at radius 3 is 2.69 bits per heavy atom. The van der Waals surface area contributed by atoms with Crippen molar-refractivity contribution in [2.45, 2.75) is 51.6 Å². The van der Waals surface area contributed by atoms with Crippen LogP contribution >= 0.6 is 0 Å². The van der Waals surface area contributed by atoms with Crippen molar-refractivity contribution in [1.82, 2.24) is 0 Å². The fourth-order valence-electron chi connectivity index (χ4n) is 2.45. The lowest BCUT2D eigenvalue weighted by atomic mass is 9.90. The van der Waals surface area contributed by atoms with Crippen LogP contribution in [0.25, 0.3) is 0 Å². The van der Waals surface area contributed by atoms with Crippen LogP contribution in [-0.4, -0.2) is 12.1 Å². The van der Waals surface area contributed by atoms with E-state index in [0.717, 1.165) is 6.42 Å². The molecule has 0 aliphatic heterocycles. The van der Waals surface area contributed by atoms with Gasteiger partial charge in [-0.1, -0.05) is 25.0 Å². The van der Waals surface area contributed by atoms with Gasteiger partial charge in [0.1, 0.15) is 0 Å². The van der Waals surface area contributed by atoms with E-state index < -0.39 is 0 Å². The van der Waals surface area contributed by atoms with Crippen LogP contribution in [0.2, 0.25) is 0 Å². The Bertz CT molecular complexity index is 360. The van der Waals surface area contributed by atoms with Crippen LogP contribution in [0, 0.1) is 13.8 Å². The van der Waals surface area contributed by atoms with Crippen LogP contribution in [0.1, 0.15) is 36.8 Å². The monoisotopic (exact) mass is 218 g/mol. The molecule has 88 valence electrons. The van der Waals surface area contributed by atoms with E-state index in [1.807, 2.05) is 0 Å². The van der Waals surface area contributed by atoms with Crippen LogP contribution in [0.15, 0.2) is 18.2 Å². The summed E-state index contributed by atoms with van der Waals surface area (Å²) >= 11 is 0. The molecule has 0 unspecified atom stereocenters. The third-order valence-electron chi connectivity index (χ3n) is 3.76. The van der Waals surface area contributed by atoms with Crippen LogP contribution in [-0.2, 0) is 0 Å². The normalized spacial score (nSPS) is 25.4. The molecule has 2 nitrogen and oxygen atoms in total. The lowest BCUT2D eigenvalue weighted by molar-refractivity contribution is 0.404. The standard InChI is InChI=1S/C14H22N2/c1-10-6-5-9-13(11(10)2)16-14-8-4-3-7-12(14)15/h5-6,9,12,14,16H,3-4,7-8,15H2,1-2H3/t12-,14+/m1/s1. The van der Waals surface area contributed by atoms with Crippen molar-refractivity contribution in [2.24, 2.45) is 5.73 Å². The summed E-state index contributed by atoms with van der Waals surface area (Å²) in [4.78, 5) is 0. The molecule has 1 aliphatic carbocycles. The number of hydrogen-bond donors (Lipinski definition) is 2. The molecule has 2 heteroatoms. The van der Waals surface area contributed by atoms with Gasteiger partial charge in [-0.25, -0.2) is 0 Å². The molecule has 1 aromatic rings. The zero-order chi connectivity index (χ0) is 11.5. The number of anilines is 1. The van der Waals surface area contributed by atoms with E-state index in [4.69, 9.17) is 5.73 Å². The Morgan fingerprint density at radius 1 is 1.19 bits per heavy atom. The average Bonchev–Trinajstić information content (AvgIpc) is 2.28. The maximum atomic E-state index is 6.15. The molecule has 1 aromatic carbocycles. The van der Waals surface area contributed by atoms with Gasteiger partial charge < -0.3 is 11.1 Å². The Kier molecular flexibility index (Phi) is 3.49. The van der Waals surface area contributed by atoms with Crippen molar-refractivity contribution in [3.8, 4) is 0 Å². The number of nitrogens with one attached hydrogen (secondary N) is 1. The summed E-state index contributed by atoms with van der Waals surface area (Å²) < 4.78 is 0. The van der Waals surface area contributed by atoms with Crippen LogP contribution in [0.4, 0.5) is 5.69 Å². The van der Waals surface area contributed by atoms with Gasteiger partial charge >= 0.3 is 0 Å². The van der Waals surface area contributed by atoms with E-state index in [2.05, 4.69) is 37.4 Å². The smallest absolute Gasteiger partial charge is 0.0412 e. The highest BCUT2D eigenvalue weighted by atomic mass is 15.0. The summed E-state index contributed by atoms with van der Waals surface area (Å²) in [6, 6.07) is 7.19. The third kappa shape index (κ3) is 2.38. The predicted molar refractivity (Wildman–Crippen MR) is 69.8 cm³/mol. The summed E-state index contributed by atoms with van der Waals surface area (Å²) in [7, 11) is 0. The molecule has 1 saturated carbocycles. The van der Waals surface area contributed by atoms with E-state index in [-0.39, 0.29) is 0 Å². The second-order valence-electron chi connectivity index (χ2n) is 4.95. The van der Waals surface area contributed by atoms with Crippen molar-refractivity contribution in [1.29, 1.82) is 0 Å². The largest absolute Gasteiger partial charge is 0.381 e. The minimum absolute atomic E-state index is 0.314. The second kappa shape index (κ2) is 4.88. The summed E-state index contributed by atoms with van der Waals surface area (Å²) in [6.07, 6.45) is 4.94. The number of benzene rings is 1. The van der Waals surface area contributed by atoms with E-state index in [0.29, 0.717) is 12.1 Å². The highest BCUT2D eigenvalue weighted by Gasteiger charge is 2.21. The van der Waals surface area contributed by atoms with Gasteiger partial charge in [-0.15, -0.1) is 0 Å². The second-order valence-corrected chi connectivity index (χ2v) is 4.95. The Labute approximate surface area is 98.2 Å². The summed E-state index contributed by atoms with van der Waals surface area (Å²) in [6.45, 7) is 4.33. The first kappa shape index (κ1) is 11.5. The fraction of sp³-hybridized carbons (Fsp3) is 0.571. The average molecular weight is 218 g/mol. The van der Waals surface area contributed by atoms with Crippen molar-refractivity contribution >= 4 is 5.69 Å². The highest BCUT2D eigenvalue weighted by molar-refractivity contribution is 5.54. The molecule has 0 spiro atoms. The lowest BCUT2D eigenvalue weighted by Gasteiger charge is -2.30.